The predicted molar refractivity (Wildman–Crippen MR) is 85.2 cm³/mol. The number of amides is 1. The molecule has 1 atom stereocenters. The first kappa shape index (κ1) is 15.5. The van der Waals surface area contributed by atoms with E-state index in [1.54, 1.807) is 11.3 Å². The van der Waals surface area contributed by atoms with Crippen molar-refractivity contribution in [3.63, 3.8) is 0 Å². The first-order chi connectivity index (χ1) is 9.77. The first-order valence-corrected chi connectivity index (χ1v) is 8.70. The SMILES string of the molecule is CC(C(=O)NCCNC1CCCCCC1)c1cccs1. The smallest absolute Gasteiger partial charge is 0.228 e. The molecule has 1 saturated carbocycles. The maximum atomic E-state index is 12.0. The van der Waals surface area contributed by atoms with Crippen molar-refractivity contribution in [1.29, 1.82) is 0 Å². The van der Waals surface area contributed by atoms with Crippen LogP contribution in [0.1, 0.15) is 56.2 Å². The number of hydrogen-bond donors (Lipinski definition) is 2. The van der Waals surface area contributed by atoms with Crippen LogP contribution in [0.2, 0.25) is 0 Å². The molecule has 1 aromatic rings. The Morgan fingerprint density at radius 2 is 2.05 bits per heavy atom. The van der Waals surface area contributed by atoms with Crippen molar-refractivity contribution in [1.82, 2.24) is 10.6 Å². The maximum absolute atomic E-state index is 12.0. The summed E-state index contributed by atoms with van der Waals surface area (Å²) < 4.78 is 0. The molecule has 1 amide bonds. The molecule has 0 saturated heterocycles. The van der Waals surface area contributed by atoms with Crippen molar-refractivity contribution in [2.24, 2.45) is 0 Å². The highest BCUT2D eigenvalue weighted by Gasteiger charge is 2.15. The van der Waals surface area contributed by atoms with Gasteiger partial charge in [0.2, 0.25) is 5.91 Å². The molecule has 2 N–H and O–H groups in total. The van der Waals surface area contributed by atoms with Crippen LogP contribution in [0.3, 0.4) is 0 Å². The third-order valence-corrected chi connectivity index (χ3v) is 5.13. The molecule has 1 fully saturated rings. The second-order valence-corrected chi connectivity index (χ2v) is 6.65. The Morgan fingerprint density at radius 3 is 2.70 bits per heavy atom. The van der Waals surface area contributed by atoms with E-state index in [0.717, 1.165) is 18.0 Å². The summed E-state index contributed by atoms with van der Waals surface area (Å²) in [5.74, 6) is 0.1000. The van der Waals surface area contributed by atoms with Crippen LogP contribution in [0.4, 0.5) is 0 Å². The van der Waals surface area contributed by atoms with Crippen molar-refractivity contribution >= 4 is 17.2 Å². The summed E-state index contributed by atoms with van der Waals surface area (Å²) in [7, 11) is 0. The van der Waals surface area contributed by atoms with Gasteiger partial charge in [-0.1, -0.05) is 31.7 Å². The van der Waals surface area contributed by atoms with Crippen LogP contribution in [0.5, 0.6) is 0 Å². The van der Waals surface area contributed by atoms with Crippen LogP contribution in [0.15, 0.2) is 17.5 Å². The van der Waals surface area contributed by atoms with E-state index in [1.165, 1.54) is 38.5 Å². The average molecular weight is 294 g/mol. The molecule has 0 aliphatic heterocycles. The molecule has 1 heterocycles. The van der Waals surface area contributed by atoms with Crippen molar-refractivity contribution in [3.8, 4) is 0 Å². The summed E-state index contributed by atoms with van der Waals surface area (Å²) in [6.07, 6.45) is 8.04. The van der Waals surface area contributed by atoms with Gasteiger partial charge in [-0.3, -0.25) is 4.79 Å². The molecule has 1 aromatic heterocycles. The lowest BCUT2D eigenvalue weighted by atomic mass is 10.1. The number of carbonyl (C=O) groups is 1. The number of carbonyl (C=O) groups excluding carboxylic acids is 1. The molecule has 3 nitrogen and oxygen atoms in total. The zero-order valence-corrected chi connectivity index (χ0v) is 13.2. The second-order valence-electron chi connectivity index (χ2n) is 5.67. The molecule has 1 unspecified atom stereocenters. The molecule has 20 heavy (non-hydrogen) atoms. The standard InChI is InChI=1S/C16H26N2OS/c1-13(15-9-6-12-20-15)16(19)18-11-10-17-14-7-4-2-3-5-8-14/h6,9,12-14,17H,2-5,7-8,10-11H2,1H3,(H,18,19). The Balaban J connectivity index is 1.61. The van der Waals surface area contributed by atoms with Gasteiger partial charge in [0.05, 0.1) is 5.92 Å². The normalized spacial score (nSPS) is 18.4. The van der Waals surface area contributed by atoms with E-state index in [0.29, 0.717) is 6.04 Å². The van der Waals surface area contributed by atoms with Gasteiger partial charge >= 0.3 is 0 Å². The van der Waals surface area contributed by atoms with Crippen LogP contribution in [-0.4, -0.2) is 25.0 Å². The molecule has 1 aliphatic carbocycles. The van der Waals surface area contributed by atoms with Crippen molar-refractivity contribution < 1.29 is 4.79 Å². The average Bonchev–Trinajstić information content (AvgIpc) is 2.87. The highest BCUT2D eigenvalue weighted by Crippen LogP contribution is 2.20. The fraction of sp³-hybridized carbons (Fsp3) is 0.688. The van der Waals surface area contributed by atoms with Crippen LogP contribution in [0.25, 0.3) is 0 Å². The third kappa shape index (κ3) is 4.91. The van der Waals surface area contributed by atoms with E-state index >= 15 is 0 Å². The Kier molecular flexibility index (Phi) is 6.54. The molecule has 112 valence electrons. The van der Waals surface area contributed by atoms with E-state index in [1.807, 2.05) is 24.4 Å². The topological polar surface area (TPSA) is 41.1 Å². The van der Waals surface area contributed by atoms with Gasteiger partial charge in [0.25, 0.3) is 0 Å². The quantitative estimate of drug-likeness (QED) is 0.624. The van der Waals surface area contributed by atoms with Gasteiger partial charge < -0.3 is 10.6 Å². The minimum absolute atomic E-state index is 0.0344. The lowest BCUT2D eigenvalue weighted by molar-refractivity contribution is -0.122. The van der Waals surface area contributed by atoms with Crippen LogP contribution < -0.4 is 10.6 Å². The van der Waals surface area contributed by atoms with E-state index in [2.05, 4.69) is 10.6 Å². The Hall–Kier alpha value is -0.870. The van der Waals surface area contributed by atoms with E-state index in [9.17, 15) is 4.79 Å². The summed E-state index contributed by atoms with van der Waals surface area (Å²) >= 11 is 1.65. The highest BCUT2D eigenvalue weighted by molar-refractivity contribution is 7.10. The van der Waals surface area contributed by atoms with Crippen LogP contribution >= 0.6 is 11.3 Å². The largest absolute Gasteiger partial charge is 0.354 e. The Labute approximate surface area is 126 Å². The van der Waals surface area contributed by atoms with Gasteiger partial charge in [0.15, 0.2) is 0 Å². The molecule has 1 aliphatic rings. The van der Waals surface area contributed by atoms with Crippen molar-refractivity contribution in [2.45, 2.75) is 57.4 Å². The molecule has 0 radical (unpaired) electrons. The van der Waals surface area contributed by atoms with Gasteiger partial charge in [-0.15, -0.1) is 11.3 Å². The molecule has 2 rings (SSSR count). The summed E-state index contributed by atoms with van der Waals surface area (Å²) in [5.41, 5.74) is 0. The molecular formula is C16H26N2OS. The minimum atomic E-state index is -0.0344. The van der Waals surface area contributed by atoms with Crippen molar-refractivity contribution in [2.75, 3.05) is 13.1 Å². The summed E-state index contributed by atoms with van der Waals surface area (Å²) in [5, 5.41) is 8.63. The third-order valence-electron chi connectivity index (χ3n) is 4.08. The summed E-state index contributed by atoms with van der Waals surface area (Å²) in [4.78, 5) is 13.2. The van der Waals surface area contributed by atoms with Crippen LogP contribution in [-0.2, 0) is 4.79 Å². The maximum Gasteiger partial charge on any atom is 0.228 e. The van der Waals surface area contributed by atoms with E-state index in [-0.39, 0.29) is 11.8 Å². The predicted octanol–water partition coefficient (Wildman–Crippen LogP) is 3.28. The summed E-state index contributed by atoms with van der Waals surface area (Å²) in [6.45, 7) is 3.58. The van der Waals surface area contributed by atoms with Gasteiger partial charge in [-0.05, 0) is 31.2 Å². The monoisotopic (exact) mass is 294 g/mol. The van der Waals surface area contributed by atoms with Gasteiger partial charge in [-0.25, -0.2) is 0 Å². The fourth-order valence-electron chi connectivity index (χ4n) is 2.77. The number of rotatable bonds is 6. The zero-order chi connectivity index (χ0) is 14.2. The second kappa shape index (κ2) is 8.42. The highest BCUT2D eigenvalue weighted by atomic mass is 32.1. The Bertz CT molecular complexity index is 383. The summed E-state index contributed by atoms with van der Waals surface area (Å²) in [6, 6.07) is 4.68. The number of hydrogen-bond acceptors (Lipinski definition) is 3. The van der Waals surface area contributed by atoms with Crippen LogP contribution in [0, 0.1) is 0 Å². The lowest BCUT2D eigenvalue weighted by Gasteiger charge is -2.17. The molecule has 4 heteroatoms. The van der Waals surface area contributed by atoms with Gasteiger partial charge in [-0.2, -0.15) is 0 Å². The zero-order valence-electron chi connectivity index (χ0n) is 12.4. The van der Waals surface area contributed by atoms with E-state index < -0.39 is 0 Å². The molecule has 0 spiro atoms. The minimum Gasteiger partial charge on any atom is -0.354 e. The van der Waals surface area contributed by atoms with Gasteiger partial charge in [0, 0.05) is 24.0 Å². The Morgan fingerprint density at radius 1 is 1.30 bits per heavy atom. The van der Waals surface area contributed by atoms with Gasteiger partial charge in [0.1, 0.15) is 0 Å². The van der Waals surface area contributed by atoms with Crippen molar-refractivity contribution in [3.05, 3.63) is 22.4 Å². The van der Waals surface area contributed by atoms with E-state index in [4.69, 9.17) is 0 Å². The number of nitrogens with one attached hydrogen (secondary N) is 2. The first-order valence-electron chi connectivity index (χ1n) is 7.82. The molecule has 0 bridgehead atoms. The molecular weight excluding hydrogens is 268 g/mol. The fourth-order valence-corrected chi connectivity index (χ4v) is 3.55. The lowest BCUT2D eigenvalue weighted by Crippen LogP contribution is -2.38. The number of thiophene rings is 1. The molecule has 0 aromatic carbocycles.